The average Bonchev–Trinajstić information content (AvgIpc) is 2.89. The van der Waals surface area contributed by atoms with Gasteiger partial charge < -0.3 is 14.2 Å². The molecule has 6 heteroatoms. The van der Waals surface area contributed by atoms with Crippen molar-refractivity contribution in [3.05, 3.63) is 91.0 Å². The molecule has 0 spiro atoms. The second-order valence-electron chi connectivity index (χ2n) is 5.43. The maximum Gasteiger partial charge on any atom is 0.331 e. The predicted octanol–water partition coefficient (Wildman–Crippen LogP) is 8.33. The fraction of sp³-hybridized carbons (Fsp3) is 0.222. The molecule has 4 rings (SSSR count). The van der Waals surface area contributed by atoms with Crippen LogP contribution in [0.2, 0.25) is 0 Å². The summed E-state index contributed by atoms with van der Waals surface area (Å²) < 4.78 is 17.1. The molecule has 0 amide bonds. The number of benzene rings is 3. The van der Waals surface area contributed by atoms with Crippen LogP contribution < -0.4 is 14.2 Å². The highest BCUT2D eigenvalue weighted by atomic mass is 16.5. The minimum absolute atomic E-state index is 0.0769. The molecule has 1 heterocycles. The average molecular weight is 448 g/mol. The van der Waals surface area contributed by atoms with Crippen molar-refractivity contribution in [2.24, 2.45) is 0 Å². The summed E-state index contributed by atoms with van der Waals surface area (Å²) in [6.45, 7) is 12.0. The maximum absolute atomic E-state index is 5.71. The van der Waals surface area contributed by atoms with Crippen molar-refractivity contribution in [3.63, 3.8) is 0 Å². The van der Waals surface area contributed by atoms with Crippen LogP contribution >= 0.6 is 0 Å². The van der Waals surface area contributed by atoms with Crippen LogP contribution in [0, 0.1) is 0 Å². The van der Waals surface area contributed by atoms with Gasteiger partial charge in [-0.15, -0.1) is 15.0 Å². The van der Waals surface area contributed by atoms with Crippen LogP contribution in [0.15, 0.2) is 91.0 Å². The highest BCUT2D eigenvalue weighted by molar-refractivity contribution is 5.29. The van der Waals surface area contributed by atoms with E-state index in [1.165, 1.54) is 0 Å². The van der Waals surface area contributed by atoms with Crippen LogP contribution in [0.5, 0.6) is 35.3 Å². The van der Waals surface area contributed by atoms with E-state index >= 15 is 0 Å². The number of ether oxygens (including phenoxy) is 3. The zero-order valence-corrected chi connectivity index (χ0v) is 20.2. The molecule has 0 aliphatic heterocycles. The molecule has 174 valence electrons. The van der Waals surface area contributed by atoms with E-state index in [1.54, 1.807) is 36.4 Å². The molecule has 0 saturated carbocycles. The third kappa shape index (κ3) is 9.82. The first-order chi connectivity index (χ1) is 16.3. The van der Waals surface area contributed by atoms with Gasteiger partial charge in [-0.2, -0.15) is 0 Å². The molecule has 0 radical (unpaired) electrons. The lowest BCUT2D eigenvalue weighted by Crippen LogP contribution is -2.01. The summed E-state index contributed by atoms with van der Waals surface area (Å²) in [5.74, 6) is 1.79. The highest BCUT2D eigenvalue weighted by Crippen LogP contribution is 2.26. The summed E-state index contributed by atoms with van der Waals surface area (Å²) >= 11 is 0. The Morgan fingerprint density at radius 2 is 0.576 bits per heavy atom. The first-order valence-corrected chi connectivity index (χ1v) is 11.3. The fourth-order valence-electron chi connectivity index (χ4n) is 2.24. The van der Waals surface area contributed by atoms with Crippen molar-refractivity contribution in [2.75, 3.05) is 0 Å². The highest BCUT2D eigenvalue weighted by Gasteiger charge is 2.12. The maximum atomic E-state index is 5.71. The van der Waals surface area contributed by atoms with E-state index in [0.29, 0.717) is 17.2 Å². The molecule has 0 fully saturated rings. The topological polar surface area (TPSA) is 66.4 Å². The van der Waals surface area contributed by atoms with Gasteiger partial charge in [0.15, 0.2) is 0 Å². The van der Waals surface area contributed by atoms with Gasteiger partial charge in [0, 0.05) is 0 Å². The minimum atomic E-state index is 0.0769. The molecule has 0 bridgehead atoms. The molecule has 0 unspecified atom stereocenters. The molecular formula is C27H33N3O3. The monoisotopic (exact) mass is 447 g/mol. The summed E-state index contributed by atoms with van der Waals surface area (Å²) in [4.78, 5) is 12.7. The normalized spacial score (nSPS) is 8.91. The Labute approximate surface area is 197 Å². The van der Waals surface area contributed by atoms with Gasteiger partial charge in [-0.05, 0) is 36.4 Å². The van der Waals surface area contributed by atoms with Gasteiger partial charge in [-0.3, -0.25) is 0 Å². The molecule has 3 aromatic carbocycles. The van der Waals surface area contributed by atoms with Crippen LogP contribution in [0.3, 0.4) is 0 Å². The number of aromatic nitrogens is 3. The van der Waals surface area contributed by atoms with E-state index in [4.69, 9.17) is 14.2 Å². The molecular weight excluding hydrogens is 414 g/mol. The first kappa shape index (κ1) is 27.1. The van der Waals surface area contributed by atoms with Crippen molar-refractivity contribution >= 4 is 0 Å². The first-order valence-electron chi connectivity index (χ1n) is 11.3. The zero-order chi connectivity index (χ0) is 24.3. The summed E-state index contributed by atoms with van der Waals surface area (Å²) in [5.41, 5.74) is 0. The van der Waals surface area contributed by atoms with Crippen LogP contribution in [-0.2, 0) is 0 Å². The van der Waals surface area contributed by atoms with Crippen LogP contribution in [0.4, 0.5) is 0 Å². The Bertz CT molecular complexity index is 854. The summed E-state index contributed by atoms with van der Waals surface area (Å²) in [6, 6.07) is 27.9. The zero-order valence-electron chi connectivity index (χ0n) is 20.2. The molecule has 6 nitrogen and oxygen atoms in total. The van der Waals surface area contributed by atoms with Crippen LogP contribution in [-0.4, -0.2) is 15.0 Å². The van der Waals surface area contributed by atoms with E-state index in [2.05, 4.69) is 15.0 Å². The SMILES string of the molecule is CC.CC.CC.c1ccc(Oc2nc(Oc3ccccc3)nc(Oc3ccccc3)n2)cc1. The van der Waals surface area contributed by atoms with E-state index in [0.717, 1.165) is 0 Å². The number of para-hydroxylation sites is 3. The Hall–Kier alpha value is -3.93. The molecule has 0 aliphatic carbocycles. The van der Waals surface area contributed by atoms with Gasteiger partial charge >= 0.3 is 18.0 Å². The van der Waals surface area contributed by atoms with Crippen molar-refractivity contribution in [2.45, 2.75) is 41.5 Å². The van der Waals surface area contributed by atoms with Gasteiger partial charge in [0.25, 0.3) is 0 Å². The summed E-state index contributed by atoms with van der Waals surface area (Å²) in [6.07, 6.45) is 0. The van der Waals surface area contributed by atoms with Crippen LogP contribution in [0.25, 0.3) is 0 Å². The number of hydrogen-bond donors (Lipinski definition) is 0. The van der Waals surface area contributed by atoms with Gasteiger partial charge in [0.05, 0.1) is 0 Å². The third-order valence-electron chi connectivity index (χ3n) is 3.43. The van der Waals surface area contributed by atoms with Crippen molar-refractivity contribution < 1.29 is 14.2 Å². The minimum Gasteiger partial charge on any atom is -0.424 e. The lowest BCUT2D eigenvalue weighted by atomic mass is 10.3. The lowest BCUT2D eigenvalue weighted by molar-refractivity contribution is 0.362. The molecule has 0 aliphatic rings. The summed E-state index contributed by atoms with van der Waals surface area (Å²) in [7, 11) is 0. The summed E-state index contributed by atoms with van der Waals surface area (Å²) in [5, 5.41) is 0. The standard InChI is InChI=1S/C21H15N3O3.3C2H6/c1-4-10-16(11-5-1)25-19-22-20(26-17-12-6-2-7-13-17)24-21(23-19)27-18-14-8-3-9-15-18;3*1-2/h1-15H;3*1-2H3. The van der Waals surface area contributed by atoms with Gasteiger partial charge in [-0.1, -0.05) is 96.1 Å². The molecule has 4 aromatic rings. The number of nitrogens with zero attached hydrogens (tertiary/aromatic N) is 3. The Balaban J connectivity index is 0.000000841. The van der Waals surface area contributed by atoms with E-state index in [1.807, 2.05) is 96.1 Å². The predicted molar refractivity (Wildman–Crippen MR) is 133 cm³/mol. The van der Waals surface area contributed by atoms with E-state index < -0.39 is 0 Å². The molecule has 0 atom stereocenters. The smallest absolute Gasteiger partial charge is 0.331 e. The Kier molecular flexibility index (Phi) is 13.7. The van der Waals surface area contributed by atoms with Crippen molar-refractivity contribution in [3.8, 4) is 35.3 Å². The fourth-order valence-corrected chi connectivity index (χ4v) is 2.24. The number of hydrogen-bond acceptors (Lipinski definition) is 6. The Morgan fingerprint density at radius 1 is 0.364 bits per heavy atom. The van der Waals surface area contributed by atoms with Gasteiger partial charge in [0.2, 0.25) is 0 Å². The van der Waals surface area contributed by atoms with E-state index in [9.17, 15) is 0 Å². The van der Waals surface area contributed by atoms with Gasteiger partial charge in [-0.25, -0.2) is 0 Å². The quantitative estimate of drug-likeness (QED) is 0.296. The second kappa shape index (κ2) is 16.7. The van der Waals surface area contributed by atoms with Crippen molar-refractivity contribution in [1.82, 2.24) is 15.0 Å². The van der Waals surface area contributed by atoms with E-state index in [-0.39, 0.29) is 18.0 Å². The Morgan fingerprint density at radius 3 is 0.788 bits per heavy atom. The molecule has 33 heavy (non-hydrogen) atoms. The van der Waals surface area contributed by atoms with Gasteiger partial charge in [0.1, 0.15) is 17.2 Å². The second-order valence-corrected chi connectivity index (χ2v) is 5.43. The molecule has 1 aromatic heterocycles. The van der Waals surface area contributed by atoms with Crippen LogP contribution in [0.1, 0.15) is 41.5 Å². The number of rotatable bonds is 6. The third-order valence-corrected chi connectivity index (χ3v) is 3.43. The lowest BCUT2D eigenvalue weighted by Gasteiger charge is -2.09. The van der Waals surface area contributed by atoms with Crippen molar-refractivity contribution in [1.29, 1.82) is 0 Å². The molecule has 0 N–H and O–H groups in total. The molecule has 0 saturated heterocycles. The largest absolute Gasteiger partial charge is 0.424 e.